The summed E-state index contributed by atoms with van der Waals surface area (Å²) >= 11 is 0. The third kappa shape index (κ3) is 2.45. The van der Waals surface area contributed by atoms with E-state index in [1.807, 2.05) is 61.5 Å². The first-order chi connectivity index (χ1) is 9.19. The van der Waals surface area contributed by atoms with Crippen molar-refractivity contribution in [1.82, 2.24) is 0 Å². The summed E-state index contributed by atoms with van der Waals surface area (Å²) in [4.78, 5) is 13.3. The van der Waals surface area contributed by atoms with Crippen LogP contribution in [0.5, 0.6) is 5.75 Å². The fourth-order valence-electron chi connectivity index (χ4n) is 2.21. The maximum Gasteiger partial charge on any atom is 0.155 e. The molecule has 0 bridgehead atoms. The molecule has 0 unspecified atom stereocenters. The Labute approximate surface area is 113 Å². The van der Waals surface area contributed by atoms with Crippen LogP contribution < -0.4 is 9.64 Å². The van der Waals surface area contributed by atoms with E-state index in [9.17, 15) is 4.79 Å². The lowest BCUT2D eigenvalue weighted by Crippen LogP contribution is -2.13. The fraction of sp³-hybridized carbons (Fsp3) is 0.188. The Morgan fingerprint density at radius 2 is 1.74 bits per heavy atom. The van der Waals surface area contributed by atoms with Gasteiger partial charge in [-0.3, -0.25) is 4.79 Å². The lowest BCUT2D eigenvalue weighted by molar-refractivity contribution is 0.112. The van der Waals surface area contributed by atoms with Crippen LogP contribution >= 0.6 is 0 Å². The van der Waals surface area contributed by atoms with Gasteiger partial charge in [0.05, 0.1) is 18.4 Å². The molecule has 0 saturated carbocycles. The number of hydrogen-bond acceptors (Lipinski definition) is 3. The van der Waals surface area contributed by atoms with Gasteiger partial charge in [0.25, 0.3) is 0 Å². The molecule has 2 aromatic carbocycles. The lowest BCUT2D eigenvalue weighted by Gasteiger charge is -2.21. The van der Waals surface area contributed by atoms with E-state index in [1.165, 1.54) is 0 Å². The van der Waals surface area contributed by atoms with Crippen molar-refractivity contribution < 1.29 is 9.53 Å². The molecule has 0 amide bonds. The van der Waals surface area contributed by atoms with Crippen molar-refractivity contribution >= 4 is 12.0 Å². The summed E-state index contributed by atoms with van der Waals surface area (Å²) in [6.45, 7) is 0. The van der Waals surface area contributed by atoms with Gasteiger partial charge in [-0.25, -0.2) is 0 Å². The molecule has 0 spiro atoms. The highest BCUT2D eigenvalue weighted by molar-refractivity contribution is 5.96. The van der Waals surface area contributed by atoms with Gasteiger partial charge in [0, 0.05) is 19.7 Å². The Balaban J connectivity index is 2.72. The Hall–Kier alpha value is -2.29. The Kier molecular flexibility index (Phi) is 3.85. The third-order valence-corrected chi connectivity index (χ3v) is 3.05. The second kappa shape index (κ2) is 5.57. The molecule has 0 aromatic heterocycles. The van der Waals surface area contributed by atoms with Crippen LogP contribution in [0.25, 0.3) is 11.1 Å². The highest BCUT2D eigenvalue weighted by atomic mass is 16.5. The number of rotatable bonds is 4. The molecular formula is C16H17NO2. The van der Waals surface area contributed by atoms with Crippen LogP contribution in [0.1, 0.15) is 10.4 Å². The number of nitrogens with zero attached hydrogens (tertiary/aromatic N) is 1. The zero-order chi connectivity index (χ0) is 13.8. The van der Waals surface area contributed by atoms with Crippen LogP contribution in [0, 0.1) is 0 Å². The van der Waals surface area contributed by atoms with Crippen LogP contribution in [0.15, 0.2) is 42.5 Å². The van der Waals surface area contributed by atoms with E-state index in [0.717, 1.165) is 23.1 Å². The molecule has 0 heterocycles. The molecular weight excluding hydrogens is 238 g/mol. The summed E-state index contributed by atoms with van der Waals surface area (Å²) in [5.41, 5.74) is 3.56. The first-order valence-electron chi connectivity index (χ1n) is 6.08. The highest BCUT2D eigenvalue weighted by Gasteiger charge is 2.16. The minimum absolute atomic E-state index is 0.578. The standard InChI is InChI=1S/C16H17NO2/c1-17(2)16-13(12-7-5-4-6-8-12)9-10-15(19-3)14(16)11-18/h4-11H,1-3H3. The maximum atomic E-state index is 11.4. The molecule has 0 aliphatic rings. The van der Waals surface area contributed by atoms with Crippen molar-refractivity contribution in [2.75, 3.05) is 26.1 Å². The van der Waals surface area contributed by atoms with E-state index < -0.39 is 0 Å². The fourth-order valence-corrected chi connectivity index (χ4v) is 2.21. The molecule has 0 aliphatic carbocycles. The number of aldehydes is 1. The van der Waals surface area contributed by atoms with Gasteiger partial charge in [0.1, 0.15) is 5.75 Å². The molecule has 3 nitrogen and oxygen atoms in total. The van der Waals surface area contributed by atoms with Crippen LogP contribution in [-0.4, -0.2) is 27.5 Å². The van der Waals surface area contributed by atoms with Gasteiger partial charge < -0.3 is 9.64 Å². The SMILES string of the molecule is COc1ccc(-c2ccccc2)c(N(C)C)c1C=O. The molecule has 0 atom stereocenters. The maximum absolute atomic E-state index is 11.4. The van der Waals surface area contributed by atoms with E-state index in [0.29, 0.717) is 11.3 Å². The molecule has 98 valence electrons. The monoisotopic (exact) mass is 255 g/mol. The number of hydrogen-bond donors (Lipinski definition) is 0. The summed E-state index contributed by atoms with van der Waals surface area (Å²) in [6.07, 6.45) is 0.848. The number of ether oxygens (including phenoxy) is 1. The average Bonchev–Trinajstić information content (AvgIpc) is 2.46. The number of benzene rings is 2. The largest absolute Gasteiger partial charge is 0.496 e. The van der Waals surface area contributed by atoms with Crippen LogP contribution in [0.2, 0.25) is 0 Å². The van der Waals surface area contributed by atoms with E-state index in [2.05, 4.69) is 0 Å². The number of carbonyl (C=O) groups is 1. The van der Waals surface area contributed by atoms with Gasteiger partial charge in [-0.1, -0.05) is 30.3 Å². The molecule has 2 rings (SSSR count). The summed E-state index contributed by atoms with van der Waals surface area (Å²) in [5.74, 6) is 0.596. The quantitative estimate of drug-likeness (QED) is 0.785. The van der Waals surface area contributed by atoms with Gasteiger partial charge in [0.2, 0.25) is 0 Å². The average molecular weight is 255 g/mol. The van der Waals surface area contributed by atoms with Crippen molar-refractivity contribution in [1.29, 1.82) is 0 Å². The molecule has 0 N–H and O–H groups in total. The van der Waals surface area contributed by atoms with Gasteiger partial charge in [-0.05, 0) is 17.7 Å². The van der Waals surface area contributed by atoms with Gasteiger partial charge in [0.15, 0.2) is 6.29 Å². The van der Waals surface area contributed by atoms with Gasteiger partial charge in [-0.2, -0.15) is 0 Å². The molecule has 0 saturated heterocycles. The Morgan fingerprint density at radius 1 is 1.05 bits per heavy atom. The van der Waals surface area contributed by atoms with Crippen LogP contribution in [0.3, 0.4) is 0 Å². The zero-order valence-corrected chi connectivity index (χ0v) is 11.4. The molecule has 2 aromatic rings. The van der Waals surface area contributed by atoms with Gasteiger partial charge >= 0.3 is 0 Å². The van der Waals surface area contributed by atoms with Crippen molar-refractivity contribution in [2.45, 2.75) is 0 Å². The molecule has 0 fully saturated rings. The number of methoxy groups -OCH3 is 1. The Bertz CT molecular complexity index is 577. The smallest absolute Gasteiger partial charge is 0.155 e. The van der Waals surface area contributed by atoms with E-state index >= 15 is 0 Å². The second-order valence-corrected chi connectivity index (χ2v) is 4.46. The van der Waals surface area contributed by atoms with Crippen molar-refractivity contribution in [3.05, 3.63) is 48.0 Å². The zero-order valence-electron chi connectivity index (χ0n) is 11.4. The Morgan fingerprint density at radius 3 is 2.26 bits per heavy atom. The second-order valence-electron chi connectivity index (χ2n) is 4.46. The molecule has 0 aliphatic heterocycles. The first kappa shape index (κ1) is 13.1. The molecule has 3 heteroatoms. The summed E-state index contributed by atoms with van der Waals surface area (Å²) < 4.78 is 5.26. The minimum Gasteiger partial charge on any atom is -0.496 e. The lowest BCUT2D eigenvalue weighted by atomic mass is 9.99. The third-order valence-electron chi connectivity index (χ3n) is 3.05. The predicted molar refractivity (Wildman–Crippen MR) is 78.1 cm³/mol. The van der Waals surface area contributed by atoms with E-state index in [-0.39, 0.29) is 0 Å². The summed E-state index contributed by atoms with van der Waals surface area (Å²) in [6, 6.07) is 13.8. The van der Waals surface area contributed by atoms with E-state index in [4.69, 9.17) is 4.74 Å². The molecule has 0 radical (unpaired) electrons. The predicted octanol–water partition coefficient (Wildman–Crippen LogP) is 3.24. The summed E-state index contributed by atoms with van der Waals surface area (Å²) in [5, 5.41) is 0. The number of carbonyl (C=O) groups excluding carboxylic acids is 1. The van der Waals surface area contributed by atoms with Crippen molar-refractivity contribution in [3.8, 4) is 16.9 Å². The minimum atomic E-state index is 0.578. The van der Waals surface area contributed by atoms with E-state index in [1.54, 1.807) is 7.11 Å². The van der Waals surface area contributed by atoms with Crippen molar-refractivity contribution in [2.24, 2.45) is 0 Å². The summed E-state index contributed by atoms with van der Waals surface area (Å²) in [7, 11) is 5.42. The first-order valence-corrected chi connectivity index (χ1v) is 6.08. The highest BCUT2D eigenvalue weighted by Crippen LogP contribution is 2.37. The van der Waals surface area contributed by atoms with Crippen LogP contribution in [0.4, 0.5) is 5.69 Å². The number of anilines is 1. The van der Waals surface area contributed by atoms with Gasteiger partial charge in [-0.15, -0.1) is 0 Å². The van der Waals surface area contributed by atoms with Crippen LogP contribution in [-0.2, 0) is 0 Å². The molecule has 19 heavy (non-hydrogen) atoms. The van der Waals surface area contributed by atoms with Crippen molar-refractivity contribution in [3.63, 3.8) is 0 Å². The topological polar surface area (TPSA) is 29.5 Å². The normalized spacial score (nSPS) is 10.1.